The van der Waals surface area contributed by atoms with E-state index in [1.54, 1.807) is 30.4 Å². The van der Waals surface area contributed by atoms with Gasteiger partial charge in [-0.05, 0) is 18.2 Å². The van der Waals surface area contributed by atoms with Gasteiger partial charge in [-0.2, -0.15) is 0 Å². The van der Waals surface area contributed by atoms with Gasteiger partial charge in [0.05, 0.1) is 22.2 Å². The lowest BCUT2D eigenvalue weighted by atomic mass is 10.1. The average molecular weight is 334 g/mol. The summed E-state index contributed by atoms with van der Waals surface area (Å²) in [4.78, 5) is 10.4. The van der Waals surface area contributed by atoms with E-state index in [0.717, 1.165) is 12.1 Å². The van der Waals surface area contributed by atoms with Gasteiger partial charge in [0.25, 0.3) is 5.69 Å². The van der Waals surface area contributed by atoms with Gasteiger partial charge in [0, 0.05) is 19.2 Å². The summed E-state index contributed by atoms with van der Waals surface area (Å²) >= 11 is 0. The molecule has 0 heterocycles. The molecule has 0 spiro atoms. The molecule has 2 N–H and O–H groups in total. The monoisotopic (exact) mass is 334 g/mol. The molecule has 1 unspecified atom stereocenters. The SMILES string of the molecule is O=[N+]([O-])c1ccccc1/C=C/CNCC(O)c1c(F)cccc1F. The van der Waals surface area contributed by atoms with Crippen molar-refractivity contribution < 1.29 is 18.8 Å². The third-order valence-electron chi connectivity index (χ3n) is 3.36. The van der Waals surface area contributed by atoms with Crippen LogP contribution in [0.1, 0.15) is 17.2 Å². The number of hydrogen-bond acceptors (Lipinski definition) is 4. The number of para-hydroxylation sites is 1. The number of nitro benzene ring substituents is 1. The van der Waals surface area contributed by atoms with E-state index in [1.165, 1.54) is 12.1 Å². The van der Waals surface area contributed by atoms with Crippen LogP contribution in [0.3, 0.4) is 0 Å². The summed E-state index contributed by atoms with van der Waals surface area (Å²) in [5.74, 6) is -1.61. The number of halogens is 2. The van der Waals surface area contributed by atoms with Crippen LogP contribution >= 0.6 is 0 Å². The molecule has 1 atom stereocenters. The van der Waals surface area contributed by atoms with Gasteiger partial charge < -0.3 is 10.4 Å². The van der Waals surface area contributed by atoms with Gasteiger partial charge in [0.2, 0.25) is 0 Å². The Bertz CT molecular complexity index is 730. The molecule has 7 heteroatoms. The van der Waals surface area contributed by atoms with Crippen LogP contribution in [0.15, 0.2) is 48.5 Å². The van der Waals surface area contributed by atoms with Gasteiger partial charge in [0.15, 0.2) is 0 Å². The number of benzene rings is 2. The van der Waals surface area contributed by atoms with E-state index in [-0.39, 0.29) is 24.3 Å². The maximum absolute atomic E-state index is 13.5. The molecule has 0 bridgehead atoms. The molecule has 2 rings (SSSR count). The summed E-state index contributed by atoms with van der Waals surface area (Å²) in [6.07, 6.45) is 1.87. The molecule has 0 saturated heterocycles. The van der Waals surface area contributed by atoms with Crippen molar-refractivity contribution >= 4 is 11.8 Å². The smallest absolute Gasteiger partial charge is 0.276 e. The highest BCUT2D eigenvalue weighted by molar-refractivity contribution is 5.60. The van der Waals surface area contributed by atoms with Crippen molar-refractivity contribution in [2.24, 2.45) is 0 Å². The largest absolute Gasteiger partial charge is 0.387 e. The van der Waals surface area contributed by atoms with Crippen LogP contribution in [0.2, 0.25) is 0 Å². The van der Waals surface area contributed by atoms with E-state index in [0.29, 0.717) is 5.56 Å². The van der Waals surface area contributed by atoms with Crippen molar-refractivity contribution in [1.82, 2.24) is 5.32 Å². The van der Waals surface area contributed by atoms with Crippen LogP contribution in [-0.4, -0.2) is 23.1 Å². The lowest BCUT2D eigenvalue weighted by molar-refractivity contribution is -0.385. The fraction of sp³-hybridized carbons (Fsp3) is 0.176. The Kier molecular flexibility index (Phi) is 6.11. The molecule has 0 aromatic heterocycles. The standard InChI is InChI=1S/C17H16F2N2O3/c18-13-7-3-8-14(19)17(13)16(22)11-20-10-4-6-12-5-1-2-9-15(12)21(23)24/h1-9,16,20,22H,10-11H2/b6-4+. The highest BCUT2D eigenvalue weighted by Crippen LogP contribution is 2.20. The minimum Gasteiger partial charge on any atom is -0.387 e. The molecular formula is C17H16F2N2O3. The second-order valence-corrected chi connectivity index (χ2v) is 5.03. The lowest BCUT2D eigenvalue weighted by Gasteiger charge is -2.13. The number of rotatable bonds is 7. The van der Waals surface area contributed by atoms with Crippen LogP contribution in [0.5, 0.6) is 0 Å². The Balaban J connectivity index is 1.90. The summed E-state index contributed by atoms with van der Waals surface area (Å²) in [5, 5.41) is 23.5. The molecule has 0 saturated carbocycles. The predicted molar refractivity (Wildman–Crippen MR) is 86.3 cm³/mol. The van der Waals surface area contributed by atoms with Crippen molar-refractivity contribution in [2.75, 3.05) is 13.1 Å². The van der Waals surface area contributed by atoms with Gasteiger partial charge in [-0.1, -0.05) is 30.4 Å². The normalized spacial score (nSPS) is 12.5. The number of aliphatic hydroxyl groups is 1. The van der Waals surface area contributed by atoms with Gasteiger partial charge in [-0.3, -0.25) is 10.1 Å². The minimum absolute atomic E-state index is 0.0118. The summed E-state index contributed by atoms with van der Waals surface area (Å²) < 4.78 is 27.0. The van der Waals surface area contributed by atoms with E-state index in [9.17, 15) is 24.0 Å². The summed E-state index contributed by atoms with van der Waals surface area (Å²) in [5.41, 5.74) is 0.0554. The lowest BCUT2D eigenvalue weighted by Crippen LogP contribution is -2.22. The Morgan fingerprint density at radius 3 is 2.50 bits per heavy atom. The van der Waals surface area contributed by atoms with Crippen molar-refractivity contribution in [1.29, 1.82) is 0 Å². The molecule has 0 amide bonds. The molecule has 0 aliphatic heterocycles. The third kappa shape index (κ3) is 4.43. The highest BCUT2D eigenvalue weighted by Gasteiger charge is 2.16. The van der Waals surface area contributed by atoms with E-state index >= 15 is 0 Å². The maximum atomic E-state index is 13.5. The Morgan fingerprint density at radius 2 is 1.83 bits per heavy atom. The van der Waals surface area contributed by atoms with Crippen molar-refractivity contribution in [2.45, 2.75) is 6.10 Å². The maximum Gasteiger partial charge on any atom is 0.276 e. The van der Waals surface area contributed by atoms with E-state index in [4.69, 9.17) is 0 Å². The highest BCUT2D eigenvalue weighted by atomic mass is 19.1. The van der Waals surface area contributed by atoms with E-state index < -0.39 is 22.7 Å². The predicted octanol–water partition coefficient (Wildman–Crippen LogP) is 3.21. The number of hydrogen-bond donors (Lipinski definition) is 2. The average Bonchev–Trinajstić information content (AvgIpc) is 2.54. The minimum atomic E-state index is -1.33. The first kappa shape index (κ1) is 17.7. The number of nitrogens with one attached hydrogen (secondary N) is 1. The van der Waals surface area contributed by atoms with Crippen molar-refractivity contribution in [3.05, 3.63) is 81.4 Å². The Morgan fingerprint density at radius 1 is 1.17 bits per heavy atom. The zero-order chi connectivity index (χ0) is 17.5. The van der Waals surface area contributed by atoms with Gasteiger partial charge in [-0.25, -0.2) is 8.78 Å². The van der Waals surface area contributed by atoms with E-state index in [2.05, 4.69) is 5.32 Å². The molecule has 0 radical (unpaired) electrons. The molecule has 24 heavy (non-hydrogen) atoms. The van der Waals surface area contributed by atoms with Gasteiger partial charge >= 0.3 is 0 Å². The molecule has 5 nitrogen and oxygen atoms in total. The molecule has 126 valence electrons. The molecule has 0 aliphatic carbocycles. The number of nitrogens with zero attached hydrogens (tertiary/aromatic N) is 1. The second kappa shape index (κ2) is 8.28. The van der Waals surface area contributed by atoms with Crippen molar-refractivity contribution in [3.63, 3.8) is 0 Å². The molecule has 0 aliphatic rings. The van der Waals surface area contributed by atoms with Crippen LogP contribution in [-0.2, 0) is 0 Å². The van der Waals surface area contributed by atoms with Crippen LogP contribution in [0.4, 0.5) is 14.5 Å². The molecule has 2 aromatic carbocycles. The quantitative estimate of drug-likeness (QED) is 0.463. The third-order valence-corrected chi connectivity index (χ3v) is 3.36. The second-order valence-electron chi connectivity index (χ2n) is 5.03. The van der Waals surface area contributed by atoms with Crippen molar-refractivity contribution in [3.8, 4) is 0 Å². The Labute approximate surface area is 137 Å². The number of aliphatic hydroxyl groups excluding tert-OH is 1. The molecule has 2 aromatic rings. The molecular weight excluding hydrogens is 318 g/mol. The van der Waals surface area contributed by atoms with Crippen LogP contribution < -0.4 is 5.32 Å². The topological polar surface area (TPSA) is 75.4 Å². The van der Waals surface area contributed by atoms with Crippen LogP contribution in [0, 0.1) is 21.7 Å². The summed E-state index contributed by atoms with van der Waals surface area (Å²) in [6, 6.07) is 9.66. The fourth-order valence-corrected chi connectivity index (χ4v) is 2.22. The first-order valence-corrected chi connectivity index (χ1v) is 7.23. The zero-order valence-corrected chi connectivity index (χ0v) is 12.7. The van der Waals surface area contributed by atoms with Gasteiger partial charge in [-0.15, -0.1) is 0 Å². The summed E-state index contributed by atoms with van der Waals surface area (Å²) in [6.45, 7) is 0.220. The first-order valence-electron chi connectivity index (χ1n) is 7.23. The molecule has 0 fully saturated rings. The fourth-order valence-electron chi connectivity index (χ4n) is 2.22. The number of nitro groups is 1. The van der Waals surface area contributed by atoms with E-state index in [1.807, 2.05) is 0 Å². The van der Waals surface area contributed by atoms with Crippen LogP contribution in [0.25, 0.3) is 6.08 Å². The Hall–Kier alpha value is -2.64. The first-order chi connectivity index (χ1) is 11.5. The summed E-state index contributed by atoms with van der Waals surface area (Å²) in [7, 11) is 0. The van der Waals surface area contributed by atoms with Gasteiger partial charge in [0.1, 0.15) is 11.6 Å². The zero-order valence-electron chi connectivity index (χ0n) is 12.7.